The molecule has 0 fully saturated rings. The summed E-state index contributed by atoms with van der Waals surface area (Å²) in [4.78, 5) is 0. The first-order valence-electron chi connectivity index (χ1n) is 5.59. The topological polar surface area (TPSA) is 12.0 Å². The number of hydrogen-bond donors (Lipinski definition) is 1. The predicted molar refractivity (Wildman–Crippen MR) is 83.8 cm³/mol. The van der Waals surface area contributed by atoms with Crippen LogP contribution in [-0.2, 0) is 0 Å². The highest BCUT2D eigenvalue weighted by molar-refractivity contribution is 6.35. The first-order valence-corrected chi connectivity index (χ1v) is 7.10. The zero-order chi connectivity index (χ0) is 14.0. The number of benzene rings is 2. The minimum atomic E-state index is -0.123. The lowest BCUT2D eigenvalue weighted by Crippen LogP contribution is -2.18. The lowest BCUT2D eigenvalue weighted by atomic mass is 9.99. The third-order valence-corrected chi connectivity index (χ3v) is 3.79. The largest absolute Gasteiger partial charge is 0.309 e. The molecule has 0 saturated heterocycles. The van der Waals surface area contributed by atoms with Crippen LogP contribution in [0.25, 0.3) is 0 Å². The van der Waals surface area contributed by atoms with Gasteiger partial charge in [0, 0.05) is 20.1 Å². The van der Waals surface area contributed by atoms with Gasteiger partial charge in [-0.05, 0) is 54.6 Å². The molecule has 0 aliphatic heterocycles. The third kappa shape index (κ3) is 3.56. The van der Waals surface area contributed by atoms with Gasteiger partial charge in [0.15, 0.2) is 0 Å². The van der Waals surface area contributed by atoms with Crippen LogP contribution in [-0.4, -0.2) is 7.05 Å². The standard InChI is InChI=1S/C14H11Cl4N/c1-19-14(8-4-10(16)6-11(17)5-8)12-7-9(15)2-3-13(12)18/h2-7,14,19H,1H3. The van der Waals surface area contributed by atoms with Gasteiger partial charge in [0.1, 0.15) is 0 Å². The predicted octanol–water partition coefficient (Wildman–Crippen LogP) is 5.61. The maximum Gasteiger partial charge on any atom is 0.0590 e. The van der Waals surface area contributed by atoms with E-state index in [0.29, 0.717) is 20.1 Å². The fraction of sp³-hybridized carbons (Fsp3) is 0.143. The summed E-state index contributed by atoms with van der Waals surface area (Å²) in [6, 6.07) is 10.6. The Hall–Kier alpha value is -0.440. The Morgan fingerprint density at radius 1 is 0.842 bits per heavy atom. The molecule has 0 amide bonds. The van der Waals surface area contributed by atoms with Crippen LogP contribution in [0.5, 0.6) is 0 Å². The van der Waals surface area contributed by atoms with E-state index in [1.165, 1.54) is 0 Å². The monoisotopic (exact) mass is 333 g/mol. The fourth-order valence-electron chi connectivity index (χ4n) is 1.98. The van der Waals surface area contributed by atoms with E-state index in [2.05, 4.69) is 5.32 Å². The SMILES string of the molecule is CNC(c1cc(Cl)cc(Cl)c1)c1cc(Cl)ccc1Cl. The molecule has 0 spiro atoms. The molecular weight excluding hydrogens is 324 g/mol. The molecular formula is C14H11Cl4N. The first kappa shape index (κ1) is 15.0. The quantitative estimate of drug-likeness (QED) is 0.769. The van der Waals surface area contributed by atoms with E-state index < -0.39 is 0 Å². The number of halogens is 4. The third-order valence-electron chi connectivity index (χ3n) is 2.78. The van der Waals surface area contributed by atoms with Gasteiger partial charge >= 0.3 is 0 Å². The van der Waals surface area contributed by atoms with Gasteiger partial charge in [0.05, 0.1) is 6.04 Å². The lowest BCUT2D eigenvalue weighted by molar-refractivity contribution is 0.692. The number of hydrogen-bond acceptors (Lipinski definition) is 1. The number of nitrogens with one attached hydrogen (secondary N) is 1. The van der Waals surface area contributed by atoms with Crippen LogP contribution in [0.2, 0.25) is 20.1 Å². The van der Waals surface area contributed by atoms with E-state index in [1.807, 2.05) is 25.2 Å². The molecule has 5 heteroatoms. The molecule has 19 heavy (non-hydrogen) atoms. The summed E-state index contributed by atoms with van der Waals surface area (Å²) in [5.41, 5.74) is 1.82. The summed E-state index contributed by atoms with van der Waals surface area (Å²) >= 11 is 24.3. The molecule has 2 rings (SSSR count). The fourth-order valence-corrected chi connectivity index (χ4v) is 2.93. The van der Waals surface area contributed by atoms with Crippen molar-refractivity contribution in [1.29, 1.82) is 0 Å². The Balaban J connectivity index is 2.52. The Labute approximate surface area is 132 Å². The van der Waals surface area contributed by atoms with Gasteiger partial charge in [-0.15, -0.1) is 0 Å². The summed E-state index contributed by atoms with van der Waals surface area (Å²) in [5, 5.41) is 5.64. The van der Waals surface area contributed by atoms with Crippen LogP contribution in [0.4, 0.5) is 0 Å². The second kappa shape index (κ2) is 6.34. The molecule has 0 aliphatic carbocycles. The molecule has 100 valence electrons. The molecule has 1 N–H and O–H groups in total. The summed E-state index contributed by atoms with van der Waals surface area (Å²) in [5.74, 6) is 0. The normalized spacial score (nSPS) is 12.5. The van der Waals surface area contributed by atoms with Crippen molar-refractivity contribution in [3.8, 4) is 0 Å². The zero-order valence-corrected chi connectivity index (χ0v) is 13.1. The minimum Gasteiger partial charge on any atom is -0.309 e. The molecule has 1 unspecified atom stereocenters. The van der Waals surface area contributed by atoms with E-state index in [9.17, 15) is 0 Å². The van der Waals surface area contributed by atoms with Crippen LogP contribution >= 0.6 is 46.4 Å². The number of rotatable bonds is 3. The average Bonchev–Trinajstić information content (AvgIpc) is 2.33. The van der Waals surface area contributed by atoms with Crippen molar-refractivity contribution in [2.75, 3.05) is 7.05 Å². The molecule has 0 heterocycles. The van der Waals surface area contributed by atoms with Crippen molar-refractivity contribution in [3.63, 3.8) is 0 Å². The van der Waals surface area contributed by atoms with Crippen molar-refractivity contribution in [1.82, 2.24) is 5.32 Å². The van der Waals surface area contributed by atoms with E-state index >= 15 is 0 Å². The van der Waals surface area contributed by atoms with Gasteiger partial charge in [0.25, 0.3) is 0 Å². The second-order valence-electron chi connectivity index (χ2n) is 4.09. The molecule has 2 aromatic rings. The first-order chi connectivity index (χ1) is 9.01. The molecule has 0 aromatic heterocycles. The van der Waals surface area contributed by atoms with E-state index in [4.69, 9.17) is 46.4 Å². The molecule has 2 aromatic carbocycles. The molecule has 1 atom stereocenters. The summed E-state index contributed by atoms with van der Waals surface area (Å²) in [6.45, 7) is 0. The van der Waals surface area contributed by atoms with Gasteiger partial charge in [-0.2, -0.15) is 0 Å². The van der Waals surface area contributed by atoms with Crippen LogP contribution in [0.3, 0.4) is 0 Å². The molecule has 0 saturated carbocycles. The summed E-state index contributed by atoms with van der Waals surface area (Å²) < 4.78 is 0. The van der Waals surface area contributed by atoms with Gasteiger partial charge in [0.2, 0.25) is 0 Å². The van der Waals surface area contributed by atoms with Gasteiger partial charge < -0.3 is 5.32 Å². The highest BCUT2D eigenvalue weighted by Crippen LogP contribution is 2.32. The van der Waals surface area contributed by atoms with Crippen molar-refractivity contribution < 1.29 is 0 Å². The Morgan fingerprint density at radius 2 is 1.47 bits per heavy atom. The molecule has 0 bridgehead atoms. The van der Waals surface area contributed by atoms with Crippen LogP contribution in [0, 0.1) is 0 Å². The highest BCUT2D eigenvalue weighted by atomic mass is 35.5. The van der Waals surface area contributed by atoms with Crippen LogP contribution in [0.15, 0.2) is 36.4 Å². The maximum atomic E-state index is 6.23. The molecule has 0 radical (unpaired) electrons. The average molecular weight is 335 g/mol. The van der Waals surface area contributed by atoms with Crippen molar-refractivity contribution in [2.45, 2.75) is 6.04 Å². The Morgan fingerprint density at radius 3 is 2.05 bits per heavy atom. The second-order valence-corrected chi connectivity index (χ2v) is 5.81. The molecule has 1 nitrogen and oxygen atoms in total. The van der Waals surface area contributed by atoms with Gasteiger partial charge in [-0.3, -0.25) is 0 Å². The highest BCUT2D eigenvalue weighted by Gasteiger charge is 2.16. The van der Waals surface area contributed by atoms with E-state index in [-0.39, 0.29) is 6.04 Å². The maximum absolute atomic E-state index is 6.23. The molecule has 0 aliphatic rings. The summed E-state index contributed by atoms with van der Waals surface area (Å²) in [7, 11) is 1.84. The van der Waals surface area contributed by atoms with Crippen LogP contribution in [0.1, 0.15) is 17.2 Å². The zero-order valence-electron chi connectivity index (χ0n) is 10.1. The van der Waals surface area contributed by atoms with Crippen molar-refractivity contribution in [2.24, 2.45) is 0 Å². The lowest BCUT2D eigenvalue weighted by Gasteiger charge is -2.19. The Bertz CT molecular complexity index is 578. The minimum absolute atomic E-state index is 0.123. The van der Waals surface area contributed by atoms with Crippen molar-refractivity contribution in [3.05, 3.63) is 67.6 Å². The Kier molecular flexibility index (Phi) is 4.99. The van der Waals surface area contributed by atoms with E-state index in [1.54, 1.807) is 18.2 Å². The van der Waals surface area contributed by atoms with Crippen LogP contribution < -0.4 is 5.32 Å². The van der Waals surface area contributed by atoms with E-state index in [0.717, 1.165) is 11.1 Å². The van der Waals surface area contributed by atoms with Gasteiger partial charge in [-0.25, -0.2) is 0 Å². The smallest absolute Gasteiger partial charge is 0.0590 e. The van der Waals surface area contributed by atoms with Gasteiger partial charge in [-0.1, -0.05) is 46.4 Å². The van der Waals surface area contributed by atoms with Crippen molar-refractivity contribution >= 4 is 46.4 Å². The summed E-state index contributed by atoms with van der Waals surface area (Å²) in [6.07, 6.45) is 0.